The first-order valence-electron chi connectivity index (χ1n) is 13.9. The minimum atomic E-state index is -1.12. The number of nitrogens with one attached hydrogen (secondary N) is 1. The van der Waals surface area contributed by atoms with E-state index in [4.69, 9.17) is 20.2 Å². The lowest BCUT2D eigenvalue weighted by Gasteiger charge is -2.39. The van der Waals surface area contributed by atoms with Crippen molar-refractivity contribution in [2.75, 3.05) is 25.6 Å². The summed E-state index contributed by atoms with van der Waals surface area (Å²) in [7, 11) is 0. The van der Waals surface area contributed by atoms with Gasteiger partial charge in [-0.1, -0.05) is 39.5 Å². The average Bonchev–Trinajstić information content (AvgIpc) is 3.54. The number of nitrogen functional groups attached to an aromatic ring is 1. The Bertz CT molecular complexity index is 1490. The van der Waals surface area contributed by atoms with E-state index in [-0.39, 0.29) is 12.7 Å². The van der Waals surface area contributed by atoms with Crippen molar-refractivity contribution in [3.63, 3.8) is 0 Å². The van der Waals surface area contributed by atoms with E-state index in [0.29, 0.717) is 54.0 Å². The first kappa shape index (κ1) is 30.2. The summed E-state index contributed by atoms with van der Waals surface area (Å²) in [6.07, 6.45) is 2.95. The maximum Gasteiger partial charge on any atom is 0.404 e. The van der Waals surface area contributed by atoms with Crippen LogP contribution in [-0.2, 0) is 11.3 Å². The van der Waals surface area contributed by atoms with Gasteiger partial charge in [0, 0.05) is 35.0 Å². The van der Waals surface area contributed by atoms with Crippen LogP contribution in [0.4, 0.5) is 10.6 Å². The third-order valence-electron chi connectivity index (χ3n) is 7.94. The highest BCUT2D eigenvalue weighted by molar-refractivity contribution is 9.10. The zero-order valence-electron chi connectivity index (χ0n) is 24.1. The van der Waals surface area contributed by atoms with Crippen LogP contribution in [0.3, 0.4) is 0 Å². The summed E-state index contributed by atoms with van der Waals surface area (Å²) in [5.74, 6) is 1.65. The standard InChI is InChI=1S/C28H36BrN7O5S/c1-15(22(28(2,3)4)34-27(38)39)25(37)35-8-5-16(6-9-35)7-10-36-24-21(23(30)31-13-32-24)33-26(36)42-20-12-19-18(11-17(20)29)40-14-41-19/h11-13,15-16,22,34H,5-10,14H2,1-4H3,(H,38,39)(H2,30,31,32)/t15-,22?/m1/s1. The van der Waals surface area contributed by atoms with Gasteiger partial charge < -0.3 is 35.1 Å². The number of hydrogen-bond acceptors (Lipinski definition) is 9. The third-order valence-corrected chi connectivity index (χ3v) is 9.91. The molecule has 2 aromatic heterocycles. The number of anilines is 1. The molecule has 1 unspecified atom stereocenters. The number of fused-ring (bicyclic) bond motifs is 2. The quantitative estimate of drug-likeness (QED) is 0.300. The third kappa shape index (κ3) is 6.38. The molecule has 0 saturated carbocycles. The second kappa shape index (κ2) is 12.2. The molecule has 1 aromatic carbocycles. The smallest absolute Gasteiger partial charge is 0.404 e. The highest BCUT2D eigenvalue weighted by atomic mass is 79.9. The highest BCUT2D eigenvalue weighted by Gasteiger charge is 2.37. The fourth-order valence-electron chi connectivity index (χ4n) is 5.70. The van der Waals surface area contributed by atoms with Gasteiger partial charge in [0.2, 0.25) is 12.7 Å². The first-order chi connectivity index (χ1) is 19.9. The maximum atomic E-state index is 13.3. The molecule has 0 aliphatic carbocycles. The van der Waals surface area contributed by atoms with Gasteiger partial charge in [0.25, 0.3) is 0 Å². The van der Waals surface area contributed by atoms with Crippen molar-refractivity contribution >= 4 is 56.7 Å². The molecule has 42 heavy (non-hydrogen) atoms. The molecule has 3 aromatic rings. The van der Waals surface area contributed by atoms with Crippen molar-refractivity contribution in [3.05, 3.63) is 22.9 Å². The first-order valence-corrected chi connectivity index (χ1v) is 15.5. The van der Waals surface area contributed by atoms with Crippen LogP contribution < -0.4 is 20.5 Å². The molecule has 14 heteroatoms. The zero-order chi connectivity index (χ0) is 30.2. The summed E-state index contributed by atoms with van der Waals surface area (Å²) >= 11 is 5.13. The molecule has 4 N–H and O–H groups in total. The Balaban J connectivity index is 1.26. The number of halogens is 1. The van der Waals surface area contributed by atoms with Gasteiger partial charge in [0.15, 0.2) is 33.6 Å². The Hall–Kier alpha value is -3.26. The van der Waals surface area contributed by atoms with Crippen LogP contribution in [-0.4, -0.2) is 67.5 Å². The number of nitrogens with two attached hydrogens (primary N) is 1. The molecule has 0 bridgehead atoms. The van der Waals surface area contributed by atoms with E-state index in [2.05, 4.69) is 35.8 Å². The van der Waals surface area contributed by atoms with Crippen LogP contribution in [0.25, 0.3) is 11.2 Å². The van der Waals surface area contributed by atoms with E-state index in [1.807, 2.05) is 44.7 Å². The van der Waals surface area contributed by atoms with Crippen molar-refractivity contribution in [1.82, 2.24) is 29.7 Å². The van der Waals surface area contributed by atoms with Gasteiger partial charge in [-0.25, -0.2) is 19.7 Å². The summed E-state index contributed by atoms with van der Waals surface area (Å²) in [6.45, 7) is 9.81. The number of nitrogens with zero attached hydrogens (tertiary/aromatic N) is 5. The van der Waals surface area contributed by atoms with Gasteiger partial charge >= 0.3 is 6.09 Å². The number of rotatable bonds is 8. The summed E-state index contributed by atoms with van der Waals surface area (Å²) in [6, 6.07) is 3.34. The average molecular weight is 663 g/mol. The van der Waals surface area contributed by atoms with Crippen LogP contribution in [0.1, 0.15) is 47.0 Å². The Kier molecular flexibility index (Phi) is 8.74. The van der Waals surface area contributed by atoms with Gasteiger partial charge in [0.1, 0.15) is 6.33 Å². The second-order valence-corrected chi connectivity index (χ2v) is 13.7. The predicted molar refractivity (Wildman–Crippen MR) is 162 cm³/mol. The van der Waals surface area contributed by atoms with Crippen LogP contribution in [0.5, 0.6) is 11.5 Å². The SMILES string of the molecule is C[C@@H](C(=O)N1CCC(CCn2c(Sc3cc4c(cc3Br)OCO4)nc3c(N)ncnc32)CC1)C(NC(=O)O)C(C)(C)C. The molecule has 12 nitrogen and oxygen atoms in total. The number of hydrogen-bond donors (Lipinski definition) is 3. The van der Waals surface area contributed by atoms with E-state index in [1.165, 1.54) is 18.1 Å². The lowest BCUT2D eigenvalue weighted by molar-refractivity contribution is -0.138. The fraction of sp³-hybridized carbons (Fsp3) is 0.536. The number of benzene rings is 1. The van der Waals surface area contributed by atoms with Crippen LogP contribution in [0.2, 0.25) is 0 Å². The van der Waals surface area contributed by atoms with Crippen LogP contribution in [0, 0.1) is 17.3 Å². The molecular weight excluding hydrogens is 626 g/mol. The Morgan fingerprint density at radius 1 is 1.21 bits per heavy atom. The number of ether oxygens (including phenoxy) is 2. The summed E-state index contributed by atoms with van der Waals surface area (Å²) in [5.41, 5.74) is 7.02. The second-order valence-electron chi connectivity index (χ2n) is 11.9. The number of aryl methyl sites for hydroxylation is 1. The monoisotopic (exact) mass is 661 g/mol. The molecule has 2 aliphatic heterocycles. The summed E-state index contributed by atoms with van der Waals surface area (Å²) in [4.78, 5) is 41.0. The molecular formula is C28H36BrN7O5S. The molecule has 4 heterocycles. The van der Waals surface area contributed by atoms with Crippen molar-refractivity contribution < 1.29 is 24.2 Å². The van der Waals surface area contributed by atoms with E-state index in [0.717, 1.165) is 33.8 Å². The lowest BCUT2D eigenvalue weighted by Crippen LogP contribution is -2.53. The molecule has 1 fully saturated rings. The van der Waals surface area contributed by atoms with E-state index in [1.54, 1.807) is 0 Å². The number of likely N-dealkylation sites (tertiary alicyclic amines) is 1. The number of carboxylic acid groups (broad SMARTS) is 1. The lowest BCUT2D eigenvalue weighted by atomic mass is 9.78. The van der Waals surface area contributed by atoms with E-state index < -0.39 is 23.5 Å². The van der Waals surface area contributed by atoms with E-state index >= 15 is 0 Å². The Morgan fingerprint density at radius 3 is 2.57 bits per heavy atom. The number of piperidine rings is 1. The minimum Gasteiger partial charge on any atom is -0.465 e. The number of aromatic nitrogens is 4. The fourth-order valence-corrected chi connectivity index (χ4v) is 7.21. The number of imidazole rings is 1. The van der Waals surface area contributed by atoms with Gasteiger partial charge in [-0.2, -0.15) is 0 Å². The number of carbonyl (C=O) groups is 2. The zero-order valence-corrected chi connectivity index (χ0v) is 26.5. The van der Waals surface area contributed by atoms with Gasteiger partial charge in [-0.05, 0) is 58.7 Å². The van der Waals surface area contributed by atoms with Gasteiger partial charge in [-0.3, -0.25) is 4.79 Å². The molecule has 2 amide bonds. The number of carbonyl (C=O) groups excluding carboxylic acids is 1. The van der Waals surface area contributed by atoms with Gasteiger partial charge in [-0.15, -0.1) is 0 Å². The van der Waals surface area contributed by atoms with Gasteiger partial charge in [0.05, 0.1) is 5.92 Å². The van der Waals surface area contributed by atoms with E-state index in [9.17, 15) is 14.7 Å². The number of amides is 2. The normalized spacial score (nSPS) is 16.9. The Labute approximate surface area is 256 Å². The maximum absolute atomic E-state index is 13.3. The van der Waals surface area contributed by atoms with Crippen molar-refractivity contribution in [2.24, 2.45) is 17.3 Å². The highest BCUT2D eigenvalue weighted by Crippen LogP contribution is 2.43. The van der Waals surface area contributed by atoms with Crippen LogP contribution in [0.15, 0.2) is 33.0 Å². The molecule has 5 rings (SSSR count). The Morgan fingerprint density at radius 2 is 1.90 bits per heavy atom. The summed E-state index contributed by atoms with van der Waals surface area (Å²) < 4.78 is 14.0. The molecule has 2 aliphatic rings. The molecule has 0 radical (unpaired) electrons. The van der Waals surface area contributed by atoms with Crippen molar-refractivity contribution in [2.45, 2.75) is 69.6 Å². The predicted octanol–water partition coefficient (Wildman–Crippen LogP) is 5.00. The summed E-state index contributed by atoms with van der Waals surface area (Å²) in [5, 5.41) is 12.6. The topological polar surface area (TPSA) is 158 Å². The largest absolute Gasteiger partial charge is 0.465 e. The minimum absolute atomic E-state index is 0.0112. The van der Waals surface area contributed by atoms with Crippen molar-refractivity contribution in [3.8, 4) is 11.5 Å². The molecule has 1 saturated heterocycles. The molecule has 226 valence electrons. The molecule has 2 atom stereocenters. The molecule has 0 spiro atoms. The van der Waals surface area contributed by atoms with Crippen molar-refractivity contribution in [1.29, 1.82) is 0 Å². The van der Waals surface area contributed by atoms with Crippen LogP contribution >= 0.6 is 27.7 Å².